The molecule has 0 unspecified atom stereocenters. The van der Waals surface area contributed by atoms with Gasteiger partial charge in [-0.2, -0.15) is 0 Å². The summed E-state index contributed by atoms with van der Waals surface area (Å²) in [7, 11) is 1.44. The molecular formula is C25H42O3. The van der Waals surface area contributed by atoms with Crippen molar-refractivity contribution in [3.05, 3.63) is 23.5 Å². The Kier molecular flexibility index (Phi) is 14.6. The zero-order valence-electron chi connectivity index (χ0n) is 18.4. The minimum Gasteiger partial charge on any atom is -0.493 e. The maximum atomic E-state index is 12.1. The van der Waals surface area contributed by atoms with Crippen LogP contribution in [-0.2, 0) is 14.3 Å². The molecule has 0 radical (unpaired) electrons. The zero-order chi connectivity index (χ0) is 20.5. The first kappa shape index (κ1) is 24.7. The largest absolute Gasteiger partial charge is 0.493 e. The summed E-state index contributed by atoms with van der Waals surface area (Å²) in [5.41, 5.74) is 0.606. The lowest BCUT2D eigenvalue weighted by Gasteiger charge is -2.12. The molecule has 0 spiro atoms. The lowest BCUT2D eigenvalue weighted by molar-refractivity contribution is -0.117. The maximum Gasteiger partial charge on any atom is 0.223 e. The molecule has 3 nitrogen and oxygen atoms in total. The predicted octanol–water partition coefficient (Wildman–Crippen LogP) is 7.25. The topological polar surface area (TPSA) is 43.4 Å². The Balaban J connectivity index is 1.87. The standard InChI is InChI=1S/C25H42O3/c1-3-4-5-6-7-8-9-10-11-12-13-14-15-16-17-18-19-22-20-23(26)21-24(28-2)25(22)27/h20-21H,3-19H2,1-2H3. The summed E-state index contributed by atoms with van der Waals surface area (Å²) in [4.78, 5) is 23.7. The maximum absolute atomic E-state index is 12.1. The normalized spacial score (nSPS) is 14.2. The van der Waals surface area contributed by atoms with Gasteiger partial charge in [0, 0.05) is 11.6 Å². The highest BCUT2D eigenvalue weighted by Crippen LogP contribution is 2.20. The molecule has 1 rings (SSSR count). The Morgan fingerprint density at radius 3 is 1.50 bits per heavy atom. The van der Waals surface area contributed by atoms with Gasteiger partial charge >= 0.3 is 0 Å². The summed E-state index contributed by atoms with van der Waals surface area (Å²) in [6, 6.07) is 0. The number of ketones is 2. The quantitative estimate of drug-likeness (QED) is 0.183. The Labute approximate surface area is 173 Å². The first-order valence-corrected chi connectivity index (χ1v) is 11.7. The lowest BCUT2D eigenvalue weighted by Crippen LogP contribution is -2.15. The second-order valence-corrected chi connectivity index (χ2v) is 8.17. The van der Waals surface area contributed by atoms with Gasteiger partial charge in [-0.1, -0.05) is 103 Å². The molecule has 0 aromatic heterocycles. The highest BCUT2D eigenvalue weighted by molar-refractivity contribution is 6.19. The fraction of sp³-hybridized carbons (Fsp3) is 0.760. The van der Waals surface area contributed by atoms with Crippen molar-refractivity contribution >= 4 is 11.6 Å². The van der Waals surface area contributed by atoms with Crippen LogP contribution in [0.5, 0.6) is 0 Å². The van der Waals surface area contributed by atoms with Crippen LogP contribution in [0.2, 0.25) is 0 Å². The van der Waals surface area contributed by atoms with Crippen LogP contribution in [0.15, 0.2) is 23.5 Å². The molecule has 0 aromatic rings. The third kappa shape index (κ3) is 11.5. The Hall–Kier alpha value is -1.38. The number of unbranched alkanes of at least 4 members (excludes halogenated alkanes) is 15. The van der Waals surface area contributed by atoms with Gasteiger partial charge in [0.15, 0.2) is 11.5 Å². The molecule has 0 saturated heterocycles. The molecule has 0 aromatic carbocycles. The molecule has 0 aliphatic heterocycles. The van der Waals surface area contributed by atoms with Crippen LogP contribution in [-0.4, -0.2) is 18.7 Å². The summed E-state index contributed by atoms with van der Waals surface area (Å²) >= 11 is 0. The van der Waals surface area contributed by atoms with E-state index in [0.717, 1.165) is 12.8 Å². The summed E-state index contributed by atoms with van der Waals surface area (Å²) in [5, 5.41) is 0. The number of carbonyl (C=O) groups is 2. The van der Waals surface area contributed by atoms with Crippen LogP contribution in [0.4, 0.5) is 0 Å². The van der Waals surface area contributed by atoms with E-state index in [1.54, 1.807) is 0 Å². The van der Waals surface area contributed by atoms with Gasteiger partial charge in [-0.3, -0.25) is 9.59 Å². The summed E-state index contributed by atoms with van der Waals surface area (Å²) < 4.78 is 4.99. The molecule has 0 amide bonds. The van der Waals surface area contributed by atoms with E-state index >= 15 is 0 Å². The van der Waals surface area contributed by atoms with E-state index in [0.29, 0.717) is 12.0 Å². The fourth-order valence-corrected chi connectivity index (χ4v) is 3.83. The molecule has 1 aliphatic carbocycles. The van der Waals surface area contributed by atoms with Crippen molar-refractivity contribution in [3.8, 4) is 0 Å². The third-order valence-corrected chi connectivity index (χ3v) is 5.62. The van der Waals surface area contributed by atoms with Gasteiger partial charge in [0.1, 0.15) is 0 Å². The minimum atomic E-state index is -0.136. The van der Waals surface area contributed by atoms with Gasteiger partial charge in [0.25, 0.3) is 0 Å². The first-order chi connectivity index (χ1) is 13.7. The number of Topliss-reactive ketones (excluding diaryl/α,β-unsaturated/α-hetero) is 1. The van der Waals surface area contributed by atoms with Crippen molar-refractivity contribution in [1.29, 1.82) is 0 Å². The highest BCUT2D eigenvalue weighted by atomic mass is 16.5. The number of methoxy groups -OCH3 is 1. The van der Waals surface area contributed by atoms with Gasteiger partial charge in [-0.05, 0) is 18.9 Å². The number of carbonyl (C=O) groups excluding carboxylic acids is 2. The number of hydrogen-bond donors (Lipinski definition) is 0. The average Bonchev–Trinajstić information content (AvgIpc) is 2.69. The van der Waals surface area contributed by atoms with E-state index in [1.165, 1.54) is 109 Å². The van der Waals surface area contributed by atoms with Crippen LogP contribution < -0.4 is 0 Å². The predicted molar refractivity (Wildman–Crippen MR) is 117 cm³/mol. The van der Waals surface area contributed by atoms with Crippen molar-refractivity contribution < 1.29 is 14.3 Å². The number of allylic oxidation sites excluding steroid dienone is 3. The SMILES string of the molecule is CCCCCCCCCCCCCCCCCCC1=CC(=O)C=C(OC)C1=O. The Morgan fingerprint density at radius 2 is 1.07 bits per heavy atom. The summed E-state index contributed by atoms with van der Waals surface area (Å²) in [5.74, 6) is -0.0787. The molecule has 1 aliphatic rings. The second-order valence-electron chi connectivity index (χ2n) is 8.17. The molecule has 0 fully saturated rings. The van der Waals surface area contributed by atoms with E-state index in [1.807, 2.05) is 0 Å². The van der Waals surface area contributed by atoms with Crippen molar-refractivity contribution in [1.82, 2.24) is 0 Å². The number of hydrogen-bond acceptors (Lipinski definition) is 3. The summed E-state index contributed by atoms with van der Waals surface area (Å²) in [6.45, 7) is 2.27. The van der Waals surface area contributed by atoms with Crippen LogP contribution in [0.1, 0.15) is 116 Å². The molecule has 3 heteroatoms. The smallest absolute Gasteiger partial charge is 0.223 e. The van der Waals surface area contributed by atoms with E-state index < -0.39 is 0 Å². The summed E-state index contributed by atoms with van der Waals surface area (Å²) in [6.07, 6.45) is 24.8. The Morgan fingerprint density at radius 1 is 0.643 bits per heavy atom. The molecular weight excluding hydrogens is 348 g/mol. The van der Waals surface area contributed by atoms with Gasteiger partial charge in [-0.15, -0.1) is 0 Å². The van der Waals surface area contributed by atoms with E-state index in [9.17, 15) is 9.59 Å². The third-order valence-electron chi connectivity index (χ3n) is 5.62. The Bertz CT molecular complexity index is 502. The molecule has 0 heterocycles. The number of rotatable bonds is 18. The van der Waals surface area contributed by atoms with Crippen molar-refractivity contribution in [2.75, 3.05) is 7.11 Å². The van der Waals surface area contributed by atoms with Crippen molar-refractivity contribution in [3.63, 3.8) is 0 Å². The molecule has 28 heavy (non-hydrogen) atoms. The molecule has 0 saturated carbocycles. The monoisotopic (exact) mass is 390 g/mol. The number of ether oxygens (including phenoxy) is 1. The van der Waals surface area contributed by atoms with Gasteiger partial charge < -0.3 is 4.74 Å². The van der Waals surface area contributed by atoms with Crippen LogP contribution in [0.3, 0.4) is 0 Å². The van der Waals surface area contributed by atoms with Crippen LogP contribution in [0, 0.1) is 0 Å². The van der Waals surface area contributed by atoms with Gasteiger partial charge in [0.05, 0.1) is 7.11 Å². The lowest BCUT2D eigenvalue weighted by atomic mass is 9.96. The fourth-order valence-electron chi connectivity index (χ4n) is 3.83. The van der Waals surface area contributed by atoms with Crippen molar-refractivity contribution in [2.24, 2.45) is 0 Å². The van der Waals surface area contributed by atoms with E-state index in [4.69, 9.17) is 4.74 Å². The zero-order valence-corrected chi connectivity index (χ0v) is 18.4. The van der Waals surface area contributed by atoms with Crippen LogP contribution >= 0.6 is 0 Å². The first-order valence-electron chi connectivity index (χ1n) is 11.7. The van der Waals surface area contributed by atoms with E-state index in [2.05, 4.69) is 6.92 Å². The van der Waals surface area contributed by atoms with E-state index in [-0.39, 0.29) is 17.3 Å². The molecule has 0 atom stereocenters. The van der Waals surface area contributed by atoms with Crippen LogP contribution in [0.25, 0.3) is 0 Å². The second kappa shape index (κ2) is 16.6. The van der Waals surface area contributed by atoms with Gasteiger partial charge in [-0.25, -0.2) is 0 Å². The highest BCUT2D eigenvalue weighted by Gasteiger charge is 2.21. The molecule has 0 bridgehead atoms. The minimum absolute atomic E-state index is 0.122. The molecule has 0 N–H and O–H groups in total. The van der Waals surface area contributed by atoms with Crippen molar-refractivity contribution in [2.45, 2.75) is 116 Å². The van der Waals surface area contributed by atoms with Gasteiger partial charge in [0.2, 0.25) is 5.78 Å². The molecule has 160 valence electrons. The average molecular weight is 391 g/mol.